The zero-order chi connectivity index (χ0) is 12.3. The van der Waals surface area contributed by atoms with E-state index in [1.165, 1.54) is 0 Å². The molecule has 0 amide bonds. The predicted molar refractivity (Wildman–Crippen MR) is 69.0 cm³/mol. The molecule has 0 aliphatic carbocycles. The Bertz CT molecular complexity index is 588. The van der Waals surface area contributed by atoms with Gasteiger partial charge in [0.05, 0.1) is 5.56 Å². The molecule has 3 heteroatoms. The molecule has 0 fully saturated rings. The van der Waals surface area contributed by atoms with E-state index in [1.807, 2.05) is 36.4 Å². The first-order valence-electron chi connectivity index (χ1n) is 5.34. The molecule has 0 radical (unpaired) electrons. The van der Waals surface area contributed by atoms with Crippen molar-refractivity contribution < 1.29 is 9.90 Å². The lowest BCUT2D eigenvalue weighted by atomic mass is 10.0. The monoisotopic (exact) mass is 227 g/mol. The highest BCUT2D eigenvalue weighted by Gasteiger charge is 2.03. The van der Waals surface area contributed by atoms with E-state index in [0.29, 0.717) is 12.1 Å². The van der Waals surface area contributed by atoms with Crippen LogP contribution in [0.2, 0.25) is 0 Å². The van der Waals surface area contributed by atoms with E-state index in [0.717, 1.165) is 16.3 Å². The van der Waals surface area contributed by atoms with Gasteiger partial charge in [0.2, 0.25) is 0 Å². The van der Waals surface area contributed by atoms with Gasteiger partial charge in [-0.05, 0) is 34.5 Å². The number of hydrogen-bond acceptors (Lipinski definition) is 2. The number of fused-ring (bicyclic) bond motifs is 1. The maximum atomic E-state index is 10.8. The van der Waals surface area contributed by atoms with Gasteiger partial charge in [0.1, 0.15) is 0 Å². The Balaban J connectivity index is 2.46. The first kappa shape index (κ1) is 11.4. The number of carbonyl (C=O) groups is 1. The average molecular weight is 227 g/mol. The summed E-state index contributed by atoms with van der Waals surface area (Å²) >= 11 is 0. The van der Waals surface area contributed by atoms with Crippen LogP contribution in [0, 0.1) is 0 Å². The van der Waals surface area contributed by atoms with Crippen LogP contribution in [-0.4, -0.2) is 17.6 Å². The average Bonchev–Trinajstić information content (AvgIpc) is 2.35. The van der Waals surface area contributed by atoms with Gasteiger partial charge in [-0.3, -0.25) is 0 Å². The van der Waals surface area contributed by atoms with Crippen molar-refractivity contribution in [1.82, 2.24) is 0 Å². The minimum Gasteiger partial charge on any atom is -0.478 e. The lowest BCUT2D eigenvalue weighted by Crippen LogP contribution is -1.95. The van der Waals surface area contributed by atoms with Crippen LogP contribution in [0.3, 0.4) is 0 Å². The van der Waals surface area contributed by atoms with E-state index in [9.17, 15) is 4.79 Å². The lowest BCUT2D eigenvalue weighted by molar-refractivity contribution is 0.0697. The van der Waals surface area contributed by atoms with Crippen molar-refractivity contribution in [2.45, 2.75) is 0 Å². The van der Waals surface area contributed by atoms with Crippen molar-refractivity contribution >= 4 is 22.8 Å². The Morgan fingerprint density at radius 3 is 2.59 bits per heavy atom. The van der Waals surface area contributed by atoms with E-state index < -0.39 is 5.97 Å². The number of nitrogens with two attached hydrogens (primary N) is 1. The van der Waals surface area contributed by atoms with Gasteiger partial charge in [-0.1, -0.05) is 30.4 Å². The van der Waals surface area contributed by atoms with E-state index >= 15 is 0 Å². The molecule has 0 heterocycles. The van der Waals surface area contributed by atoms with Crippen molar-refractivity contribution in [3.05, 3.63) is 53.6 Å². The summed E-state index contributed by atoms with van der Waals surface area (Å²) in [4.78, 5) is 10.8. The van der Waals surface area contributed by atoms with Gasteiger partial charge >= 0.3 is 5.97 Å². The van der Waals surface area contributed by atoms with Gasteiger partial charge in [0.15, 0.2) is 0 Å². The fraction of sp³-hybridized carbons (Fsp3) is 0.0714. The van der Waals surface area contributed by atoms with E-state index in [2.05, 4.69) is 0 Å². The maximum Gasteiger partial charge on any atom is 0.335 e. The van der Waals surface area contributed by atoms with Crippen LogP contribution in [0.5, 0.6) is 0 Å². The quantitative estimate of drug-likeness (QED) is 0.846. The zero-order valence-corrected chi connectivity index (χ0v) is 9.26. The van der Waals surface area contributed by atoms with Crippen molar-refractivity contribution in [3.8, 4) is 0 Å². The molecule has 0 aliphatic heterocycles. The minimum absolute atomic E-state index is 0.308. The van der Waals surface area contributed by atoms with Crippen molar-refractivity contribution in [2.75, 3.05) is 6.54 Å². The number of benzene rings is 2. The second-order valence-corrected chi connectivity index (χ2v) is 3.76. The molecule has 0 aromatic heterocycles. The molecule has 0 aliphatic rings. The lowest BCUT2D eigenvalue weighted by Gasteiger charge is -2.01. The Labute approximate surface area is 99.2 Å². The molecule has 0 saturated carbocycles. The van der Waals surface area contributed by atoms with Crippen LogP contribution in [0.1, 0.15) is 15.9 Å². The summed E-state index contributed by atoms with van der Waals surface area (Å²) < 4.78 is 0. The smallest absolute Gasteiger partial charge is 0.335 e. The van der Waals surface area contributed by atoms with Crippen LogP contribution >= 0.6 is 0 Å². The van der Waals surface area contributed by atoms with Gasteiger partial charge in [0.25, 0.3) is 0 Å². The molecule has 17 heavy (non-hydrogen) atoms. The van der Waals surface area contributed by atoms with E-state index in [4.69, 9.17) is 10.8 Å². The van der Waals surface area contributed by atoms with Crippen LogP contribution < -0.4 is 5.73 Å². The Hall–Kier alpha value is -2.13. The zero-order valence-electron chi connectivity index (χ0n) is 9.26. The molecule has 0 spiro atoms. The minimum atomic E-state index is -0.904. The van der Waals surface area contributed by atoms with Crippen molar-refractivity contribution in [2.24, 2.45) is 5.73 Å². The van der Waals surface area contributed by atoms with Crippen LogP contribution in [-0.2, 0) is 0 Å². The summed E-state index contributed by atoms with van der Waals surface area (Å²) in [6.07, 6.45) is 3.83. The highest BCUT2D eigenvalue weighted by atomic mass is 16.4. The van der Waals surface area contributed by atoms with Gasteiger partial charge in [-0.2, -0.15) is 0 Å². The van der Waals surface area contributed by atoms with Crippen LogP contribution in [0.4, 0.5) is 0 Å². The summed E-state index contributed by atoms with van der Waals surface area (Å²) in [6.45, 7) is 0.510. The largest absolute Gasteiger partial charge is 0.478 e. The normalized spacial score (nSPS) is 11.1. The maximum absolute atomic E-state index is 10.8. The molecule has 3 N–H and O–H groups in total. The predicted octanol–water partition coefficient (Wildman–Crippen LogP) is 2.51. The molecule has 2 aromatic carbocycles. The van der Waals surface area contributed by atoms with Gasteiger partial charge in [-0.25, -0.2) is 4.79 Å². The van der Waals surface area contributed by atoms with Crippen LogP contribution in [0.25, 0.3) is 16.8 Å². The number of carboxylic acids is 1. The molecule has 0 bridgehead atoms. The SMILES string of the molecule is NCC=Cc1ccc2cc(C(=O)O)ccc2c1. The van der Waals surface area contributed by atoms with E-state index in [1.54, 1.807) is 12.1 Å². The van der Waals surface area contributed by atoms with Gasteiger partial charge in [-0.15, -0.1) is 0 Å². The molecule has 2 rings (SSSR count). The third-order valence-corrected chi connectivity index (χ3v) is 2.56. The Morgan fingerprint density at radius 2 is 1.88 bits per heavy atom. The van der Waals surface area contributed by atoms with Crippen LogP contribution in [0.15, 0.2) is 42.5 Å². The number of rotatable bonds is 3. The molecular weight excluding hydrogens is 214 g/mol. The second kappa shape index (κ2) is 4.80. The molecular formula is C14H13NO2. The molecule has 0 unspecified atom stereocenters. The summed E-state index contributed by atoms with van der Waals surface area (Å²) in [5.74, 6) is -0.904. The number of aromatic carboxylic acids is 1. The second-order valence-electron chi connectivity index (χ2n) is 3.76. The number of hydrogen-bond donors (Lipinski definition) is 2. The first-order valence-corrected chi connectivity index (χ1v) is 5.34. The standard InChI is InChI=1S/C14H13NO2/c15-7-1-2-10-3-4-12-9-13(14(16)17)6-5-11(12)8-10/h1-6,8-9H,7,15H2,(H,16,17). The number of carboxylic acid groups (broad SMARTS) is 1. The summed E-state index contributed by atoms with van der Waals surface area (Å²) in [5.41, 5.74) is 6.76. The summed E-state index contributed by atoms with van der Waals surface area (Å²) in [6, 6.07) is 11.0. The van der Waals surface area contributed by atoms with Gasteiger partial charge in [0, 0.05) is 6.54 Å². The third kappa shape index (κ3) is 2.52. The highest BCUT2D eigenvalue weighted by molar-refractivity contribution is 5.94. The highest BCUT2D eigenvalue weighted by Crippen LogP contribution is 2.18. The molecule has 0 atom stereocenters. The molecule has 86 valence electrons. The third-order valence-electron chi connectivity index (χ3n) is 2.56. The summed E-state index contributed by atoms with van der Waals surface area (Å²) in [7, 11) is 0. The molecule has 2 aromatic rings. The topological polar surface area (TPSA) is 63.3 Å². The van der Waals surface area contributed by atoms with Crippen molar-refractivity contribution in [3.63, 3.8) is 0 Å². The Kier molecular flexibility index (Phi) is 3.21. The van der Waals surface area contributed by atoms with Crippen molar-refractivity contribution in [1.29, 1.82) is 0 Å². The molecule has 3 nitrogen and oxygen atoms in total. The fourth-order valence-corrected chi connectivity index (χ4v) is 1.71. The fourth-order valence-electron chi connectivity index (χ4n) is 1.71. The summed E-state index contributed by atoms with van der Waals surface area (Å²) in [5, 5.41) is 10.8. The van der Waals surface area contributed by atoms with E-state index in [-0.39, 0.29) is 0 Å². The Morgan fingerprint density at radius 1 is 1.18 bits per heavy atom. The molecule has 0 saturated heterocycles. The first-order chi connectivity index (χ1) is 8.20. The van der Waals surface area contributed by atoms with Gasteiger partial charge < -0.3 is 10.8 Å².